The Morgan fingerprint density at radius 1 is 1.37 bits per heavy atom. The van der Waals surface area contributed by atoms with Crippen LogP contribution in [0.25, 0.3) is 0 Å². The van der Waals surface area contributed by atoms with Gasteiger partial charge in [-0.2, -0.15) is 0 Å². The number of nitrogens with two attached hydrogens (primary N) is 1. The summed E-state index contributed by atoms with van der Waals surface area (Å²) in [5.74, 6) is 1.34. The lowest BCUT2D eigenvalue weighted by Gasteiger charge is -2.37. The minimum Gasteiger partial charge on any atom is -0.493 e. The molecule has 4 nitrogen and oxygen atoms in total. The smallest absolute Gasteiger partial charge is 0.166 e. The van der Waals surface area contributed by atoms with Gasteiger partial charge < -0.3 is 15.2 Å². The summed E-state index contributed by atoms with van der Waals surface area (Å²) in [7, 11) is 3.67. The normalized spacial score (nSPS) is 17.2. The molecule has 0 bridgehead atoms. The van der Waals surface area contributed by atoms with Gasteiger partial charge in [-0.1, -0.05) is 11.6 Å². The Morgan fingerprint density at radius 2 is 2.00 bits per heavy atom. The summed E-state index contributed by atoms with van der Waals surface area (Å²) in [5, 5.41) is 0.600. The van der Waals surface area contributed by atoms with E-state index in [-0.39, 0.29) is 6.10 Å². The molecule has 1 aliphatic rings. The molecule has 1 fully saturated rings. The lowest BCUT2D eigenvalue weighted by molar-refractivity contribution is 0.0355. The first-order chi connectivity index (χ1) is 8.81. The molecule has 1 aromatic carbocycles. The third kappa shape index (κ3) is 3.14. The maximum Gasteiger partial charge on any atom is 0.166 e. The van der Waals surface area contributed by atoms with Gasteiger partial charge in [0.1, 0.15) is 6.10 Å². The summed E-state index contributed by atoms with van der Waals surface area (Å²) < 4.78 is 11.4. The summed E-state index contributed by atoms with van der Waals surface area (Å²) in [4.78, 5) is 2.19. The van der Waals surface area contributed by atoms with Crippen LogP contribution in [0.15, 0.2) is 12.1 Å². The van der Waals surface area contributed by atoms with Gasteiger partial charge >= 0.3 is 0 Å². The van der Waals surface area contributed by atoms with Crippen molar-refractivity contribution in [2.75, 3.05) is 27.2 Å². The molecule has 1 heterocycles. The highest BCUT2D eigenvalue weighted by Gasteiger charge is 2.30. The Hall–Kier alpha value is -0.970. The van der Waals surface area contributed by atoms with Crippen LogP contribution < -0.4 is 15.2 Å². The van der Waals surface area contributed by atoms with Crippen molar-refractivity contribution in [3.05, 3.63) is 22.7 Å². The molecule has 0 amide bonds. The average Bonchev–Trinajstić information content (AvgIpc) is 2.27. The lowest BCUT2D eigenvalue weighted by atomic mass is 9.94. The summed E-state index contributed by atoms with van der Waals surface area (Å²) in [5.41, 5.74) is 6.54. The van der Waals surface area contributed by atoms with E-state index in [9.17, 15) is 0 Å². The van der Waals surface area contributed by atoms with E-state index in [2.05, 4.69) is 11.9 Å². The number of hydrogen-bond acceptors (Lipinski definition) is 4. The van der Waals surface area contributed by atoms with Crippen LogP contribution in [0.2, 0.25) is 5.02 Å². The molecule has 19 heavy (non-hydrogen) atoms. The number of likely N-dealkylation sites (N-methyl/N-ethyl adjacent to an activating group) is 1. The van der Waals surface area contributed by atoms with Crippen molar-refractivity contribution in [2.24, 2.45) is 5.73 Å². The van der Waals surface area contributed by atoms with Gasteiger partial charge in [0.15, 0.2) is 11.5 Å². The van der Waals surface area contributed by atoms with Crippen LogP contribution in [-0.4, -0.2) is 38.3 Å². The van der Waals surface area contributed by atoms with Crippen molar-refractivity contribution in [1.29, 1.82) is 0 Å². The zero-order chi connectivity index (χ0) is 14.2. The van der Waals surface area contributed by atoms with Gasteiger partial charge in [-0.15, -0.1) is 0 Å². The molecule has 0 spiro atoms. The van der Waals surface area contributed by atoms with Gasteiger partial charge in [-0.25, -0.2) is 0 Å². The molecule has 5 heteroatoms. The maximum absolute atomic E-state index is 6.21. The number of benzene rings is 1. The lowest BCUT2D eigenvalue weighted by Crippen LogP contribution is -2.51. The van der Waals surface area contributed by atoms with Crippen molar-refractivity contribution in [3.8, 4) is 11.5 Å². The molecule has 0 aliphatic carbocycles. The molecule has 1 saturated heterocycles. The van der Waals surface area contributed by atoms with Crippen molar-refractivity contribution in [3.63, 3.8) is 0 Å². The molecule has 1 aliphatic heterocycles. The zero-order valence-corrected chi connectivity index (χ0v) is 12.6. The number of likely N-dealkylation sites (tertiary alicyclic amines) is 1. The Kier molecular flexibility index (Phi) is 3.95. The van der Waals surface area contributed by atoms with Crippen LogP contribution in [0.5, 0.6) is 11.5 Å². The van der Waals surface area contributed by atoms with Crippen LogP contribution in [0, 0.1) is 0 Å². The van der Waals surface area contributed by atoms with E-state index in [1.165, 1.54) is 0 Å². The number of ether oxygens (including phenoxy) is 2. The minimum atomic E-state index is -0.539. The fraction of sp³-hybridized carbons (Fsp3) is 0.571. The predicted molar refractivity (Wildman–Crippen MR) is 77.1 cm³/mol. The molecule has 0 saturated carbocycles. The molecule has 0 aromatic heterocycles. The highest BCUT2D eigenvalue weighted by atomic mass is 35.5. The zero-order valence-electron chi connectivity index (χ0n) is 11.9. The van der Waals surface area contributed by atoms with Gasteiger partial charge in [0.05, 0.1) is 7.11 Å². The number of rotatable bonds is 4. The third-order valence-electron chi connectivity index (χ3n) is 3.25. The molecule has 1 aromatic rings. The standard InChI is InChI=1S/C14H21ClN2O2/c1-14(2,16)11-5-9(15)6-12(18-4)13(11)19-10-7-17(3)8-10/h5-6,10H,7-8,16H2,1-4H3. The monoisotopic (exact) mass is 284 g/mol. The Bertz CT molecular complexity index is 465. The van der Waals surface area contributed by atoms with Gasteiger partial charge in [0.25, 0.3) is 0 Å². The quantitative estimate of drug-likeness (QED) is 0.921. The number of halogens is 1. The van der Waals surface area contributed by atoms with Gasteiger partial charge in [0, 0.05) is 35.3 Å². The molecule has 0 unspecified atom stereocenters. The van der Waals surface area contributed by atoms with Crippen LogP contribution in [0.3, 0.4) is 0 Å². The summed E-state index contributed by atoms with van der Waals surface area (Å²) in [6.07, 6.45) is 0.182. The summed E-state index contributed by atoms with van der Waals surface area (Å²) >= 11 is 6.12. The largest absolute Gasteiger partial charge is 0.493 e. The third-order valence-corrected chi connectivity index (χ3v) is 3.47. The number of hydrogen-bond donors (Lipinski definition) is 1. The van der Waals surface area contributed by atoms with Crippen LogP contribution in [0.1, 0.15) is 19.4 Å². The van der Waals surface area contributed by atoms with E-state index in [4.69, 9.17) is 26.8 Å². The fourth-order valence-electron chi connectivity index (χ4n) is 2.20. The van der Waals surface area contributed by atoms with E-state index in [1.54, 1.807) is 13.2 Å². The maximum atomic E-state index is 6.21. The van der Waals surface area contributed by atoms with Crippen LogP contribution in [-0.2, 0) is 5.54 Å². The minimum absolute atomic E-state index is 0.182. The SMILES string of the molecule is COc1cc(Cl)cc(C(C)(C)N)c1OC1CN(C)C1. The molecule has 2 N–H and O–H groups in total. The molecule has 0 atom stereocenters. The van der Waals surface area contributed by atoms with E-state index in [0.717, 1.165) is 18.7 Å². The van der Waals surface area contributed by atoms with Crippen molar-refractivity contribution in [2.45, 2.75) is 25.5 Å². The first-order valence-electron chi connectivity index (χ1n) is 6.33. The van der Waals surface area contributed by atoms with Crippen molar-refractivity contribution in [1.82, 2.24) is 4.90 Å². The van der Waals surface area contributed by atoms with Crippen molar-refractivity contribution < 1.29 is 9.47 Å². The molecule has 0 radical (unpaired) electrons. The molecule has 2 rings (SSSR count). The topological polar surface area (TPSA) is 47.7 Å². The number of methoxy groups -OCH3 is 1. The highest BCUT2D eigenvalue weighted by molar-refractivity contribution is 6.30. The Balaban J connectivity index is 2.37. The molecule has 106 valence electrons. The van der Waals surface area contributed by atoms with E-state index in [0.29, 0.717) is 16.5 Å². The predicted octanol–water partition coefficient (Wildman–Crippen LogP) is 2.24. The van der Waals surface area contributed by atoms with E-state index in [1.807, 2.05) is 19.9 Å². The first kappa shape index (κ1) is 14.4. The summed E-state index contributed by atoms with van der Waals surface area (Å²) in [6.45, 7) is 5.68. The van der Waals surface area contributed by atoms with Crippen LogP contribution >= 0.6 is 11.6 Å². The van der Waals surface area contributed by atoms with Gasteiger partial charge in [-0.3, -0.25) is 4.90 Å². The van der Waals surface area contributed by atoms with Crippen molar-refractivity contribution >= 4 is 11.6 Å². The Morgan fingerprint density at radius 3 is 2.47 bits per heavy atom. The second kappa shape index (κ2) is 5.19. The molecular formula is C14H21ClN2O2. The highest BCUT2D eigenvalue weighted by Crippen LogP contribution is 2.40. The first-order valence-corrected chi connectivity index (χ1v) is 6.71. The Labute approximate surface area is 119 Å². The molecular weight excluding hydrogens is 264 g/mol. The van der Waals surface area contributed by atoms with Crippen LogP contribution in [0.4, 0.5) is 0 Å². The average molecular weight is 285 g/mol. The van der Waals surface area contributed by atoms with Gasteiger partial charge in [0.2, 0.25) is 0 Å². The second-order valence-electron chi connectivity index (χ2n) is 5.67. The van der Waals surface area contributed by atoms with E-state index >= 15 is 0 Å². The fourth-order valence-corrected chi connectivity index (χ4v) is 2.41. The summed E-state index contributed by atoms with van der Waals surface area (Å²) in [6, 6.07) is 3.61. The van der Waals surface area contributed by atoms with Gasteiger partial charge in [-0.05, 0) is 27.0 Å². The number of nitrogens with zero attached hydrogens (tertiary/aromatic N) is 1. The second-order valence-corrected chi connectivity index (χ2v) is 6.10. The van der Waals surface area contributed by atoms with E-state index < -0.39 is 5.54 Å².